The van der Waals surface area contributed by atoms with Crippen molar-refractivity contribution < 1.29 is 23.5 Å². The van der Waals surface area contributed by atoms with Crippen LogP contribution >= 0.6 is 11.6 Å². The Morgan fingerprint density at radius 3 is 2.68 bits per heavy atom. The van der Waals surface area contributed by atoms with Gasteiger partial charge in [0, 0.05) is 17.0 Å². The molecule has 2 aliphatic rings. The van der Waals surface area contributed by atoms with Crippen molar-refractivity contribution in [3.63, 3.8) is 0 Å². The van der Waals surface area contributed by atoms with Gasteiger partial charge in [-0.15, -0.1) is 0 Å². The summed E-state index contributed by atoms with van der Waals surface area (Å²) in [6.45, 7) is 0. The summed E-state index contributed by atoms with van der Waals surface area (Å²) in [7, 11) is 0. The van der Waals surface area contributed by atoms with Crippen molar-refractivity contribution in [2.45, 2.75) is 18.1 Å². The molecule has 144 valence electrons. The number of benzene rings is 2. The second kappa shape index (κ2) is 6.47. The Balaban J connectivity index is 1.84. The van der Waals surface area contributed by atoms with E-state index >= 15 is 0 Å². The average Bonchev–Trinajstić information content (AvgIpc) is 2.92. The molecule has 28 heavy (non-hydrogen) atoms. The Bertz CT molecular complexity index is 1000. The zero-order chi connectivity index (χ0) is 20.1. The number of nitrogens with two attached hydrogens (primary N) is 1. The first-order valence-electron chi connectivity index (χ1n) is 8.25. The number of ether oxygens (including phenoxy) is 1. The van der Waals surface area contributed by atoms with Crippen LogP contribution in [0.1, 0.15) is 12.0 Å². The van der Waals surface area contributed by atoms with Crippen LogP contribution in [0.25, 0.3) is 0 Å². The minimum atomic E-state index is -1.68. The number of amides is 4. The number of imide groups is 1. The van der Waals surface area contributed by atoms with E-state index in [0.29, 0.717) is 5.02 Å². The smallest absolute Gasteiger partial charge is 0.329 e. The number of nitrogens with one attached hydrogen (secondary N) is 2. The molecule has 0 aromatic heterocycles. The lowest BCUT2D eigenvalue weighted by atomic mass is 9.81. The lowest BCUT2D eigenvalue weighted by Crippen LogP contribution is -2.55. The predicted octanol–water partition coefficient (Wildman–Crippen LogP) is 1.57. The van der Waals surface area contributed by atoms with E-state index in [9.17, 15) is 18.8 Å². The second-order valence-corrected chi connectivity index (χ2v) is 6.85. The highest BCUT2D eigenvalue weighted by atomic mass is 35.5. The van der Waals surface area contributed by atoms with Gasteiger partial charge in [0.25, 0.3) is 11.8 Å². The highest BCUT2D eigenvalue weighted by Gasteiger charge is 2.58. The third-order valence-electron chi connectivity index (χ3n) is 4.77. The van der Waals surface area contributed by atoms with Gasteiger partial charge in [-0.25, -0.2) is 19.9 Å². The van der Waals surface area contributed by atoms with Crippen LogP contribution in [0, 0.1) is 5.82 Å². The third kappa shape index (κ3) is 2.67. The Morgan fingerprint density at radius 1 is 1.29 bits per heavy atom. The van der Waals surface area contributed by atoms with Crippen molar-refractivity contribution in [1.29, 1.82) is 0 Å². The van der Waals surface area contributed by atoms with E-state index in [1.54, 1.807) is 0 Å². The Kier molecular flexibility index (Phi) is 4.20. The molecule has 10 heteroatoms. The van der Waals surface area contributed by atoms with Crippen LogP contribution in [-0.2, 0) is 15.1 Å². The summed E-state index contributed by atoms with van der Waals surface area (Å²) in [5, 5.41) is 3.05. The van der Waals surface area contributed by atoms with Crippen molar-refractivity contribution in [2.24, 2.45) is 5.84 Å². The molecular formula is C18H14ClFN4O4. The molecule has 2 heterocycles. The lowest BCUT2D eigenvalue weighted by Gasteiger charge is -2.37. The molecule has 1 fully saturated rings. The number of nitrogens with zero attached hydrogens (tertiary/aromatic N) is 1. The van der Waals surface area contributed by atoms with Gasteiger partial charge in [0.1, 0.15) is 11.6 Å². The van der Waals surface area contributed by atoms with Gasteiger partial charge in [0.15, 0.2) is 11.6 Å². The maximum Gasteiger partial charge on any atom is 0.329 e. The number of urea groups is 1. The molecule has 1 saturated heterocycles. The lowest BCUT2D eigenvalue weighted by molar-refractivity contribution is -0.132. The summed E-state index contributed by atoms with van der Waals surface area (Å²) in [6.07, 6.45) is -1.40. The van der Waals surface area contributed by atoms with Crippen LogP contribution in [0.3, 0.4) is 0 Å². The van der Waals surface area contributed by atoms with Gasteiger partial charge in [-0.2, -0.15) is 0 Å². The largest absolute Gasteiger partial charge is 0.480 e. The van der Waals surface area contributed by atoms with Crippen molar-refractivity contribution in [3.05, 3.63) is 58.9 Å². The molecule has 0 radical (unpaired) electrons. The van der Waals surface area contributed by atoms with Crippen molar-refractivity contribution >= 4 is 35.1 Å². The number of carbonyl (C=O) groups is 3. The first-order valence-corrected chi connectivity index (χ1v) is 8.63. The molecule has 2 atom stereocenters. The zero-order valence-corrected chi connectivity index (χ0v) is 15.0. The number of hydrogen-bond acceptors (Lipinski definition) is 5. The first kappa shape index (κ1) is 18.2. The minimum Gasteiger partial charge on any atom is -0.480 e. The van der Waals surface area contributed by atoms with E-state index in [1.165, 1.54) is 30.3 Å². The molecule has 1 spiro atoms. The zero-order valence-electron chi connectivity index (χ0n) is 14.2. The van der Waals surface area contributed by atoms with Gasteiger partial charge in [-0.05, 0) is 42.5 Å². The van der Waals surface area contributed by atoms with E-state index in [0.717, 1.165) is 17.0 Å². The maximum absolute atomic E-state index is 13.9. The van der Waals surface area contributed by atoms with Crippen molar-refractivity contribution in [2.75, 3.05) is 4.90 Å². The molecule has 0 saturated carbocycles. The predicted molar refractivity (Wildman–Crippen MR) is 96.9 cm³/mol. The monoisotopic (exact) mass is 404 g/mol. The molecule has 4 N–H and O–H groups in total. The minimum absolute atomic E-state index is 0.104. The van der Waals surface area contributed by atoms with Gasteiger partial charge in [0.05, 0.1) is 5.69 Å². The highest BCUT2D eigenvalue weighted by Crippen LogP contribution is 2.44. The normalized spacial score (nSPS) is 23.2. The van der Waals surface area contributed by atoms with Gasteiger partial charge >= 0.3 is 6.03 Å². The molecule has 2 aliphatic heterocycles. The SMILES string of the molecule is NNC(=O)C1CC2(NC(=O)N(c3ccc(Cl)cc3)C2=O)c2cc(F)ccc2O1. The maximum atomic E-state index is 13.9. The van der Waals surface area contributed by atoms with Crippen LogP contribution in [0.15, 0.2) is 42.5 Å². The van der Waals surface area contributed by atoms with Crippen LogP contribution in [0.5, 0.6) is 5.75 Å². The number of fused-ring (bicyclic) bond motifs is 2. The van der Waals surface area contributed by atoms with E-state index in [2.05, 4.69) is 5.32 Å². The fraction of sp³-hybridized carbons (Fsp3) is 0.167. The molecular weight excluding hydrogens is 391 g/mol. The van der Waals surface area contributed by atoms with E-state index in [-0.39, 0.29) is 23.4 Å². The molecule has 4 rings (SSSR count). The van der Waals surface area contributed by atoms with Crippen LogP contribution in [0.4, 0.5) is 14.9 Å². The summed E-state index contributed by atoms with van der Waals surface area (Å²) in [4.78, 5) is 39.1. The quantitative estimate of drug-likeness (QED) is 0.304. The first-order chi connectivity index (χ1) is 13.4. The average molecular weight is 405 g/mol. The Hall–Kier alpha value is -3.17. The standard InChI is InChI=1S/C18H14ClFN4O4/c19-9-1-4-11(5-2-9)24-16(26)18(22-17(24)27)8-14(15(25)23-21)28-13-6-3-10(20)7-12(13)18/h1-7,14H,8,21H2,(H,22,27)(H,23,25). The van der Waals surface area contributed by atoms with Crippen molar-refractivity contribution in [3.8, 4) is 5.75 Å². The van der Waals surface area contributed by atoms with Crippen LogP contribution in [-0.4, -0.2) is 23.9 Å². The van der Waals surface area contributed by atoms with Crippen LogP contribution < -0.4 is 26.2 Å². The third-order valence-corrected chi connectivity index (χ3v) is 5.03. The number of hydrazine groups is 1. The van der Waals surface area contributed by atoms with Gasteiger partial charge in [-0.1, -0.05) is 11.6 Å². The van der Waals surface area contributed by atoms with Crippen LogP contribution in [0.2, 0.25) is 5.02 Å². The molecule has 2 aromatic carbocycles. The fourth-order valence-corrected chi connectivity index (χ4v) is 3.61. The molecule has 2 unspecified atom stereocenters. The summed E-state index contributed by atoms with van der Waals surface area (Å²) < 4.78 is 19.5. The topological polar surface area (TPSA) is 114 Å². The number of anilines is 1. The van der Waals surface area contributed by atoms with E-state index in [4.69, 9.17) is 22.2 Å². The number of rotatable bonds is 2. The molecule has 2 aromatic rings. The summed E-state index contributed by atoms with van der Waals surface area (Å²) in [5.74, 6) is 3.34. The summed E-state index contributed by atoms with van der Waals surface area (Å²) in [5.41, 5.74) is 0.704. The van der Waals surface area contributed by atoms with E-state index in [1.807, 2.05) is 5.43 Å². The van der Waals surface area contributed by atoms with Gasteiger partial charge < -0.3 is 10.1 Å². The van der Waals surface area contributed by atoms with Gasteiger partial charge in [-0.3, -0.25) is 15.0 Å². The fourth-order valence-electron chi connectivity index (χ4n) is 3.48. The highest BCUT2D eigenvalue weighted by molar-refractivity contribution is 6.31. The number of carbonyl (C=O) groups excluding carboxylic acids is 3. The van der Waals surface area contributed by atoms with E-state index < -0.39 is 35.3 Å². The molecule has 4 amide bonds. The summed E-state index contributed by atoms with van der Waals surface area (Å²) in [6, 6.07) is 8.91. The Labute approximate surface area is 163 Å². The summed E-state index contributed by atoms with van der Waals surface area (Å²) >= 11 is 5.87. The molecule has 0 aliphatic carbocycles. The number of halogens is 2. The van der Waals surface area contributed by atoms with Crippen molar-refractivity contribution in [1.82, 2.24) is 10.7 Å². The molecule has 8 nitrogen and oxygen atoms in total. The second-order valence-electron chi connectivity index (χ2n) is 6.41. The number of hydrogen-bond donors (Lipinski definition) is 3. The van der Waals surface area contributed by atoms with Gasteiger partial charge in [0.2, 0.25) is 0 Å². The Morgan fingerprint density at radius 2 is 2.00 bits per heavy atom. The molecule has 0 bridgehead atoms.